The Morgan fingerprint density at radius 1 is 1.20 bits per heavy atom. The van der Waals surface area contributed by atoms with Crippen LogP contribution in [0.25, 0.3) is 0 Å². The topological polar surface area (TPSA) is 3.24 Å². The summed E-state index contributed by atoms with van der Waals surface area (Å²) < 4.78 is 0. The third-order valence-corrected chi connectivity index (χ3v) is 8.85. The first kappa shape index (κ1) is 16.8. The van der Waals surface area contributed by atoms with Crippen LogP contribution in [0.5, 0.6) is 0 Å². The first-order chi connectivity index (χ1) is 9.48. The van der Waals surface area contributed by atoms with Gasteiger partial charge < -0.3 is 4.90 Å². The second-order valence-corrected chi connectivity index (χ2v) is 9.69. The molecule has 0 aliphatic heterocycles. The summed E-state index contributed by atoms with van der Waals surface area (Å²) in [7, 11) is 5.77. The first-order valence-electron chi connectivity index (χ1n) is 8.90. The van der Waals surface area contributed by atoms with Gasteiger partial charge in [-0.1, -0.05) is 33.1 Å². The minimum Gasteiger partial charge on any atom is -0.306 e. The molecule has 2 aliphatic rings. The van der Waals surface area contributed by atoms with Gasteiger partial charge in [0.25, 0.3) is 0 Å². The third-order valence-electron chi connectivity index (χ3n) is 6.32. The molecule has 1 nitrogen and oxygen atoms in total. The maximum atomic E-state index is 2.60. The van der Waals surface area contributed by atoms with E-state index in [-0.39, 0.29) is 0 Å². The summed E-state index contributed by atoms with van der Waals surface area (Å²) in [4.78, 5) is 2.45. The Kier molecular flexibility index (Phi) is 5.95. The molecule has 0 radical (unpaired) electrons. The number of nitrogens with zero attached hydrogens (tertiary/aromatic N) is 1. The van der Waals surface area contributed by atoms with Crippen molar-refractivity contribution in [3.05, 3.63) is 0 Å². The van der Waals surface area contributed by atoms with Crippen molar-refractivity contribution in [1.82, 2.24) is 4.90 Å². The number of rotatable bonds is 6. The van der Waals surface area contributed by atoms with Crippen LogP contribution in [0.1, 0.15) is 72.1 Å². The van der Waals surface area contributed by atoms with Crippen molar-refractivity contribution in [2.75, 3.05) is 14.1 Å². The minimum atomic E-state index is 0.682. The molecule has 0 amide bonds. The van der Waals surface area contributed by atoms with E-state index in [0.29, 0.717) is 5.41 Å². The van der Waals surface area contributed by atoms with Gasteiger partial charge in [-0.15, -0.1) is 8.58 Å². The van der Waals surface area contributed by atoms with E-state index in [9.17, 15) is 0 Å². The zero-order valence-electron chi connectivity index (χ0n) is 14.4. The van der Waals surface area contributed by atoms with Crippen LogP contribution in [0.15, 0.2) is 0 Å². The Bertz CT molecular complexity index is 304. The highest BCUT2D eigenvalue weighted by atomic mass is 31.1. The number of hydrogen-bond donors (Lipinski definition) is 0. The Labute approximate surface area is 129 Å². The van der Waals surface area contributed by atoms with Crippen molar-refractivity contribution < 1.29 is 0 Å². The fourth-order valence-corrected chi connectivity index (χ4v) is 7.44. The molecule has 0 bridgehead atoms. The van der Waals surface area contributed by atoms with Crippen LogP contribution < -0.4 is 0 Å². The standard InChI is InChI=1S/C18H36NP/c1-6-12-18(3)13-8-11-17(18)20-16-10-7-9-15(16)14(2)19(4)5/h14-17,20H,6-13H2,1-5H3. The summed E-state index contributed by atoms with van der Waals surface area (Å²) >= 11 is 0. The van der Waals surface area contributed by atoms with Crippen LogP contribution in [0.2, 0.25) is 0 Å². The van der Waals surface area contributed by atoms with Gasteiger partial charge in [-0.05, 0) is 75.8 Å². The Morgan fingerprint density at radius 3 is 2.60 bits per heavy atom. The first-order valence-corrected chi connectivity index (χ1v) is 10.1. The van der Waals surface area contributed by atoms with Gasteiger partial charge in [0, 0.05) is 6.04 Å². The second kappa shape index (κ2) is 7.10. The fraction of sp³-hybridized carbons (Fsp3) is 1.00. The molecule has 0 aromatic carbocycles. The lowest BCUT2D eigenvalue weighted by atomic mass is 9.84. The lowest BCUT2D eigenvalue weighted by Crippen LogP contribution is -2.36. The van der Waals surface area contributed by atoms with Gasteiger partial charge in [0.2, 0.25) is 0 Å². The average molecular weight is 297 g/mol. The molecule has 0 N–H and O–H groups in total. The summed E-state index contributed by atoms with van der Waals surface area (Å²) in [6.45, 7) is 7.42. The molecule has 118 valence electrons. The van der Waals surface area contributed by atoms with Crippen LogP contribution in [0, 0.1) is 11.3 Å². The van der Waals surface area contributed by atoms with E-state index >= 15 is 0 Å². The van der Waals surface area contributed by atoms with Crippen molar-refractivity contribution >= 4 is 8.58 Å². The Balaban J connectivity index is 1.98. The highest BCUT2D eigenvalue weighted by Crippen LogP contribution is 2.55. The van der Waals surface area contributed by atoms with Crippen molar-refractivity contribution in [2.45, 2.75) is 89.5 Å². The van der Waals surface area contributed by atoms with Crippen LogP contribution >= 0.6 is 8.58 Å². The van der Waals surface area contributed by atoms with Crippen molar-refractivity contribution in [1.29, 1.82) is 0 Å². The van der Waals surface area contributed by atoms with E-state index in [1.165, 1.54) is 59.9 Å². The molecule has 2 saturated carbocycles. The quantitative estimate of drug-likeness (QED) is 0.613. The van der Waals surface area contributed by atoms with Crippen molar-refractivity contribution in [3.63, 3.8) is 0 Å². The SMILES string of the molecule is CCCC1(C)CCCC1PC1CCCC1C(C)N(C)C. The van der Waals surface area contributed by atoms with Crippen LogP contribution in [-0.2, 0) is 0 Å². The van der Waals surface area contributed by atoms with E-state index in [1.54, 1.807) is 0 Å². The van der Waals surface area contributed by atoms with Crippen molar-refractivity contribution in [3.8, 4) is 0 Å². The van der Waals surface area contributed by atoms with Crippen LogP contribution in [0.3, 0.4) is 0 Å². The molecule has 0 saturated heterocycles. The summed E-state index contributed by atoms with van der Waals surface area (Å²) in [6.07, 6.45) is 11.8. The average Bonchev–Trinajstić information content (AvgIpc) is 2.97. The molecule has 2 fully saturated rings. The van der Waals surface area contributed by atoms with Gasteiger partial charge in [-0.3, -0.25) is 0 Å². The molecule has 2 aliphatic carbocycles. The van der Waals surface area contributed by atoms with E-state index in [2.05, 4.69) is 39.8 Å². The molecule has 2 rings (SSSR count). The highest BCUT2D eigenvalue weighted by molar-refractivity contribution is 7.39. The van der Waals surface area contributed by atoms with E-state index in [4.69, 9.17) is 0 Å². The Morgan fingerprint density at radius 2 is 1.95 bits per heavy atom. The predicted octanol–water partition coefficient (Wildman–Crippen LogP) is 5.14. The zero-order valence-corrected chi connectivity index (χ0v) is 15.4. The van der Waals surface area contributed by atoms with Gasteiger partial charge in [-0.2, -0.15) is 0 Å². The highest BCUT2D eigenvalue weighted by Gasteiger charge is 2.41. The maximum Gasteiger partial charge on any atom is 0.00950 e. The van der Waals surface area contributed by atoms with Crippen LogP contribution in [0.4, 0.5) is 0 Å². The summed E-state index contributed by atoms with van der Waals surface area (Å²) in [5.41, 5.74) is 2.76. The lowest BCUT2D eigenvalue weighted by Gasteiger charge is -2.37. The molecule has 20 heavy (non-hydrogen) atoms. The predicted molar refractivity (Wildman–Crippen MR) is 93.2 cm³/mol. The molecular formula is C18H36NP. The third kappa shape index (κ3) is 3.58. The Hall–Kier alpha value is 0.390. The smallest absolute Gasteiger partial charge is 0.00950 e. The molecule has 0 aromatic heterocycles. The van der Waals surface area contributed by atoms with Gasteiger partial charge >= 0.3 is 0 Å². The van der Waals surface area contributed by atoms with E-state index < -0.39 is 0 Å². The summed E-state index contributed by atoms with van der Waals surface area (Å²) in [5.74, 6) is 0.967. The van der Waals surface area contributed by atoms with Crippen molar-refractivity contribution in [2.24, 2.45) is 11.3 Å². The molecule has 6 unspecified atom stereocenters. The molecule has 0 heterocycles. The van der Waals surface area contributed by atoms with Gasteiger partial charge in [-0.25, -0.2) is 0 Å². The second-order valence-electron chi connectivity index (χ2n) is 7.92. The molecular weight excluding hydrogens is 261 g/mol. The zero-order chi connectivity index (χ0) is 14.8. The molecule has 2 heteroatoms. The normalized spacial score (nSPS) is 40.2. The van der Waals surface area contributed by atoms with Gasteiger partial charge in [0.15, 0.2) is 0 Å². The molecule has 0 spiro atoms. The van der Waals surface area contributed by atoms with Gasteiger partial charge in [0.1, 0.15) is 0 Å². The van der Waals surface area contributed by atoms with E-state index in [1.807, 2.05) is 0 Å². The molecule has 6 atom stereocenters. The summed E-state index contributed by atoms with van der Waals surface area (Å²) in [5, 5.41) is 0. The molecule has 0 aromatic rings. The van der Waals surface area contributed by atoms with Gasteiger partial charge in [0.05, 0.1) is 0 Å². The lowest BCUT2D eigenvalue weighted by molar-refractivity contribution is 0.231. The van der Waals surface area contributed by atoms with E-state index in [0.717, 1.165) is 23.3 Å². The largest absolute Gasteiger partial charge is 0.306 e. The fourth-order valence-electron chi connectivity index (χ4n) is 4.80. The maximum absolute atomic E-state index is 2.60. The number of hydrogen-bond acceptors (Lipinski definition) is 1. The summed E-state index contributed by atoms with van der Waals surface area (Å²) in [6, 6.07) is 0.772. The monoisotopic (exact) mass is 297 g/mol. The van der Waals surface area contributed by atoms with Crippen LogP contribution in [-0.4, -0.2) is 36.4 Å². The minimum absolute atomic E-state index is 0.682.